The van der Waals surface area contributed by atoms with Gasteiger partial charge < -0.3 is 11.1 Å². The predicted molar refractivity (Wildman–Crippen MR) is 102 cm³/mol. The summed E-state index contributed by atoms with van der Waals surface area (Å²) < 4.78 is 64.4. The minimum absolute atomic E-state index is 0. The number of carbonyl (C=O) groups is 1. The molecule has 3 aromatic carbocycles. The van der Waals surface area contributed by atoms with E-state index >= 15 is 0 Å². The number of amides is 1. The quantitative estimate of drug-likeness (QED) is 0.230. The van der Waals surface area contributed by atoms with Crippen molar-refractivity contribution in [3.63, 3.8) is 0 Å². The van der Waals surface area contributed by atoms with Gasteiger partial charge in [0.1, 0.15) is 0 Å². The number of fused-ring (bicyclic) bond motifs is 1. The van der Waals surface area contributed by atoms with Gasteiger partial charge in [-0.05, 0) is 53.9 Å². The molecule has 0 aromatic heterocycles. The van der Waals surface area contributed by atoms with Crippen molar-refractivity contribution in [2.75, 3.05) is 11.1 Å². The van der Waals surface area contributed by atoms with Crippen molar-refractivity contribution in [1.29, 1.82) is 0 Å². The molecule has 0 spiro atoms. The first-order valence-corrected chi connectivity index (χ1v) is 10.5. The molecule has 0 atom stereocenters. The summed E-state index contributed by atoms with van der Waals surface area (Å²) in [7, 11) is -9.19. The first kappa shape index (κ1) is 23.3. The van der Waals surface area contributed by atoms with E-state index in [2.05, 4.69) is 5.32 Å². The largest absolute Gasteiger partial charge is 1.00 e. The molecule has 3 rings (SSSR count). The molecule has 0 aliphatic heterocycles. The van der Waals surface area contributed by atoms with Gasteiger partial charge in [0, 0.05) is 16.6 Å². The van der Waals surface area contributed by atoms with Crippen LogP contribution in [0.25, 0.3) is 10.8 Å². The van der Waals surface area contributed by atoms with Crippen molar-refractivity contribution < 1.29 is 60.3 Å². The summed E-state index contributed by atoms with van der Waals surface area (Å²) in [5, 5.41) is 2.89. The Bertz CT molecular complexity index is 1300. The molecule has 0 saturated heterocycles. The normalized spacial score (nSPS) is 11.7. The van der Waals surface area contributed by atoms with Gasteiger partial charge in [-0.3, -0.25) is 13.9 Å². The number of nitrogens with two attached hydrogens (primary N) is 1. The Morgan fingerprint density at radius 1 is 0.828 bits per heavy atom. The minimum atomic E-state index is -4.65. The predicted octanol–water partition coefficient (Wildman–Crippen LogP) is -0.828. The van der Waals surface area contributed by atoms with E-state index in [4.69, 9.17) is 5.73 Å². The van der Waals surface area contributed by atoms with Crippen LogP contribution < -0.4 is 40.6 Å². The Labute approximate surface area is 188 Å². The Morgan fingerprint density at radius 2 is 1.38 bits per heavy atom. The second kappa shape index (κ2) is 8.40. The van der Waals surface area contributed by atoms with Crippen molar-refractivity contribution in [3.05, 3.63) is 60.2 Å². The van der Waals surface area contributed by atoms with Gasteiger partial charge >= 0.3 is 29.6 Å². The van der Waals surface area contributed by atoms with Gasteiger partial charge in [0.2, 0.25) is 0 Å². The number of benzene rings is 3. The molecular weight excluding hydrogens is 431 g/mol. The topological polar surface area (TPSA) is 164 Å². The Balaban J connectivity index is 0.00000300. The average Bonchev–Trinajstić information content (AvgIpc) is 2.60. The second-order valence-electron chi connectivity index (χ2n) is 5.88. The molecule has 0 radical (unpaired) electrons. The van der Waals surface area contributed by atoms with E-state index in [1.807, 2.05) is 0 Å². The molecule has 0 saturated carbocycles. The van der Waals surface area contributed by atoms with E-state index in [1.165, 1.54) is 30.3 Å². The van der Waals surface area contributed by atoms with Crippen LogP contribution >= 0.6 is 0 Å². The van der Waals surface area contributed by atoms with Gasteiger partial charge in [-0.15, -0.1) is 0 Å². The molecule has 0 heterocycles. The van der Waals surface area contributed by atoms with E-state index < -0.39 is 35.9 Å². The van der Waals surface area contributed by atoms with Crippen molar-refractivity contribution in [2.45, 2.75) is 9.79 Å². The molecule has 29 heavy (non-hydrogen) atoms. The van der Waals surface area contributed by atoms with Crippen LogP contribution in [0.3, 0.4) is 0 Å². The molecule has 0 aliphatic carbocycles. The van der Waals surface area contributed by atoms with Crippen LogP contribution in [-0.4, -0.2) is 31.8 Å². The van der Waals surface area contributed by atoms with Crippen molar-refractivity contribution in [2.24, 2.45) is 0 Å². The summed E-state index contributed by atoms with van der Waals surface area (Å²) in [6.45, 7) is 0. The minimum Gasteiger partial charge on any atom is -0.399 e. The van der Waals surface area contributed by atoms with Crippen molar-refractivity contribution in [1.82, 2.24) is 0 Å². The van der Waals surface area contributed by atoms with Crippen LogP contribution in [0.1, 0.15) is 10.4 Å². The summed E-state index contributed by atoms with van der Waals surface area (Å²) in [5.74, 6) is -0.576. The number of anilines is 2. The molecule has 1 amide bonds. The van der Waals surface area contributed by atoms with Crippen LogP contribution in [-0.2, 0) is 20.2 Å². The molecule has 5 N–H and O–H groups in total. The monoisotopic (exact) mass is 445 g/mol. The smallest absolute Gasteiger partial charge is 0.399 e. The van der Waals surface area contributed by atoms with Crippen LogP contribution in [0, 0.1) is 0 Å². The Kier molecular flexibility index (Phi) is 6.75. The maximum atomic E-state index is 12.5. The molecule has 0 unspecified atom stereocenters. The fourth-order valence-corrected chi connectivity index (χ4v) is 3.62. The SMILES string of the molecule is Nc1ccc(C(=O)Nc2cc(S(=O)(=O)O)cc3cc(S(=O)(=O)O)ccc23)cc1.[Na+]. The fraction of sp³-hybridized carbons (Fsp3) is 0. The third-order valence-corrected chi connectivity index (χ3v) is 5.60. The number of carbonyl (C=O) groups excluding carboxylic acids is 1. The number of nitrogens with one attached hydrogen (secondary N) is 1. The van der Waals surface area contributed by atoms with Crippen LogP contribution in [0.15, 0.2) is 64.4 Å². The third kappa shape index (κ3) is 5.34. The van der Waals surface area contributed by atoms with E-state index in [-0.39, 0.29) is 46.2 Å². The van der Waals surface area contributed by atoms with E-state index in [1.54, 1.807) is 0 Å². The first-order chi connectivity index (χ1) is 12.9. The third-order valence-electron chi connectivity index (χ3n) is 3.91. The zero-order valence-electron chi connectivity index (χ0n) is 15.0. The van der Waals surface area contributed by atoms with Crippen LogP contribution in [0.5, 0.6) is 0 Å². The Morgan fingerprint density at radius 3 is 1.93 bits per heavy atom. The molecule has 9 nitrogen and oxygen atoms in total. The molecule has 12 heteroatoms. The van der Waals surface area contributed by atoms with Crippen molar-refractivity contribution >= 4 is 48.3 Å². The fourth-order valence-electron chi connectivity index (χ4n) is 2.56. The van der Waals surface area contributed by atoms with Gasteiger partial charge in [-0.25, -0.2) is 0 Å². The number of rotatable bonds is 4. The summed E-state index contributed by atoms with van der Waals surface area (Å²) in [4.78, 5) is 11.4. The number of hydrogen-bond donors (Lipinski definition) is 4. The maximum absolute atomic E-state index is 12.5. The molecular formula is C17H14N2NaO7S2+. The maximum Gasteiger partial charge on any atom is 1.00 e. The van der Waals surface area contributed by atoms with Crippen molar-refractivity contribution in [3.8, 4) is 0 Å². The molecule has 0 aliphatic rings. The molecule has 3 aromatic rings. The molecule has 0 bridgehead atoms. The average molecular weight is 445 g/mol. The zero-order valence-corrected chi connectivity index (χ0v) is 18.7. The van der Waals surface area contributed by atoms with Gasteiger partial charge in [0.25, 0.3) is 26.1 Å². The van der Waals surface area contributed by atoms with Gasteiger partial charge in [-0.1, -0.05) is 6.07 Å². The van der Waals surface area contributed by atoms with E-state index in [9.17, 15) is 30.7 Å². The summed E-state index contributed by atoms with van der Waals surface area (Å²) in [6, 6.07) is 11.5. The zero-order chi connectivity index (χ0) is 20.7. The van der Waals surface area contributed by atoms with Crippen LogP contribution in [0.2, 0.25) is 0 Å². The van der Waals surface area contributed by atoms with Gasteiger partial charge in [0.15, 0.2) is 0 Å². The van der Waals surface area contributed by atoms with E-state index in [0.29, 0.717) is 11.1 Å². The standard InChI is InChI=1S/C17H14N2O7S2.Na/c18-12-3-1-10(2-4-12)17(20)19-16-9-14(28(24,25)26)8-11-7-13(27(21,22)23)5-6-15(11)16;/h1-9H,18H2,(H,19,20)(H,21,22,23)(H,24,25,26);/q;+1. The van der Waals surface area contributed by atoms with Crippen LogP contribution in [0.4, 0.5) is 11.4 Å². The summed E-state index contributed by atoms with van der Waals surface area (Å²) in [5.41, 5.74) is 6.29. The number of nitrogen functional groups attached to an aromatic ring is 1. The second-order valence-corrected chi connectivity index (χ2v) is 8.72. The molecule has 0 fully saturated rings. The van der Waals surface area contributed by atoms with Gasteiger partial charge in [-0.2, -0.15) is 16.8 Å². The molecule has 146 valence electrons. The summed E-state index contributed by atoms with van der Waals surface area (Å²) in [6.07, 6.45) is 0. The first-order valence-electron chi connectivity index (χ1n) is 7.65. The Hall–Kier alpha value is -1.99. The number of hydrogen-bond acceptors (Lipinski definition) is 6. The van der Waals surface area contributed by atoms with E-state index in [0.717, 1.165) is 24.3 Å². The summed E-state index contributed by atoms with van der Waals surface area (Å²) >= 11 is 0. The van der Waals surface area contributed by atoms with Gasteiger partial charge in [0.05, 0.1) is 15.5 Å².